The van der Waals surface area contributed by atoms with Gasteiger partial charge in [-0.25, -0.2) is 0 Å². The average Bonchev–Trinajstić information content (AvgIpc) is 3.51. The third-order valence-electron chi connectivity index (χ3n) is 6.41. The van der Waals surface area contributed by atoms with Crippen LogP contribution in [0.3, 0.4) is 0 Å². The molecule has 5 rings (SSSR count). The predicted octanol–water partition coefficient (Wildman–Crippen LogP) is 3.72. The van der Waals surface area contributed by atoms with Gasteiger partial charge in [-0.1, -0.05) is 30.3 Å². The van der Waals surface area contributed by atoms with Crippen molar-refractivity contribution in [3.8, 4) is 11.5 Å². The summed E-state index contributed by atoms with van der Waals surface area (Å²) in [6, 6.07) is 16.6. The largest absolute Gasteiger partial charge is 0.493 e. The van der Waals surface area contributed by atoms with Gasteiger partial charge in [-0.2, -0.15) is 10.2 Å². The summed E-state index contributed by atoms with van der Waals surface area (Å²) in [4.78, 5) is 17.6. The van der Waals surface area contributed by atoms with E-state index in [9.17, 15) is 4.79 Å². The molecule has 2 fully saturated rings. The van der Waals surface area contributed by atoms with Gasteiger partial charge in [0.15, 0.2) is 11.5 Å². The van der Waals surface area contributed by atoms with Crippen LogP contribution in [-0.2, 0) is 11.2 Å². The zero-order valence-corrected chi connectivity index (χ0v) is 19.0. The van der Waals surface area contributed by atoms with E-state index in [1.807, 2.05) is 17.0 Å². The summed E-state index contributed by atoms with van der Waals surface area (Å²) >= 11 is 0. The molecule has 3 aliphatic rings. The van der Waals surface area contributed by atoms with Crippen molar-refractivity contribution in [1.29, 1.82) is 0 Å². The maximum Gasteiger partial charge on any atom is 0.228 e. The number of hydrogen-bond donors (Lipinski definition) is 0. The van der Waals surface area contributed by atoms with Gasteiger partial charge in [-0.3, -0.25) is 4.79 Å². The number of piperazine rings is 1. The van der Waals surface area contributed by atoms with E-state index in [4.69, 9.17) is 9.47 Å². The summed E-state index contributed by atoms with van der Waals surface area (Å²) in [5, 5.41) is 8.01. The van der Waals surface area contributed by atoms with Crippen LogP contribution in [0.2, 0.25) is 0 Å². The molecule has 0 bridgehead atoms. The molecule has 7 heteroatoms. The number of methoxy groups -OCH3 is 1. The Labute approximate surface area is 194 Å². The Morgan fingerprint density at radius 1 is 1.09 bits per heavy atom. The highest BCUT2D eigenvalue weighted by Gasteiger charge is 2.32. The van der Waals surface area contributed by atoms with Crippen molar-refractivity contribution in [2.45, 2.75) is 44.2 Å². The maximum atomic E-state index is 13.2. The number of nitrogens with zero attached hydrogens (tertiary/aromatic N) is 4. The number of hydrogen-bond acceptors (Lipinski definition) is 6. The fourth-order valence-corrected chi connectivity index (χ4v) is 4.49. The van der Waals surface area contributed by atoms with Crippen LogP contribution in [0.4, 0.5) is 5.69 Å². The van der Waals surface area contributed by atoms with Crippen molar-refractivity contribution in [3.05, 3.63) is 54.1 Å². The first-order valence-electron chi connectivity index (χ1n) is 11.7. The smallest absolute Gasteiger partial charge is 0.228 e. The Morgan fingerprint density at radius 2 is 1.94 bits per heavy atom. The number of anilines is 1. The van der Waals surface area contributed by atoms with Crippen LogP contribution in [0.5, 0.6) is 11.5 Å². The minimum atomic E-state index is 0.0754. The van der Waals surface area contributed by atoms with Crippen LogP contribution >= 0.6 is 0 Å². The summed E-state index contributed by atoms with van der Waals surface area (Å²) in [6.07, 6.45) is 6.09. The lowest BCUT2D eigenvalue weighted by molar-refractivity contribution is -0.132. The van der Waals surface area contributed by atoms with E-state index < -0.39 is 0 Å². The standard InChI is InChI=1S/C26H30N4O3/c1-32-24-10-7-21(17-25(24)33-23-8-9-23)29-13-14-30(26(31)16-20-11-12-27-28-20)22(18-29)15-19-5-3-2-4-6-19/h2-7,10,12,17,22-23H,8-9,11,13-16,18H2,1H3/t22-/m0/s1. The predicted molar refractivity (Wildman–Crippen MR) is 130 cm³/mol. The van der Waals surface area contributed by atoms with E-state index in [1.54, 1.807) is 13.3 Å². The Kier molecular flexibility index (Phi) is 6.28. The van der Waals surface area contributed by atoms with E-state index in [0.29, 0.717) is 25.5 Å². The number of carbonyl (C=O) groups excluding carboxylic acids is 1. The number of ether oxygens (including phenoxy) is 2. The van der Waals surface area contributed by atoms with Gasteiger partial charge in [-0.15, -0.1) is 0 Å². The fraction of sp³-hybridized carbons (Fsp3) is 0.423. The summed E-state index contributed by atoms with van der Waals surface area (Å²) in [5.74, 6) is 1.70. The lowest BCUT2D eigenvalue weighted by Crippen LogP contribution is -2.56. The minimum Gasteiger partial charge on any atom is -0.493 e. The van der Waals surface area contributed by atoms with Crippen LogP contribution in [0.1, 0.15) is 31.2 Å². The zero-order valence-electron chi connectivity index (χ0n) is 19.0. The second-order valence-electron chi connectivity index (χ2n) is 8.87. The molecule has 0 N–H and O–H groups in total. The highest BCUT2D eigenvalue weighted by Crippen LogP contribution is 2.37. The highest BCUT2D eigenvalue weighted by molar-refractivity contribution is 6.07. The molecular weight excluding hydrogens is 416 g/mol. The lowest BCUT2D eigenvalue weighted by atomic mass is 10.0. The Balaban J connectivity index is 1.35. The topological polar surface area (TPSA) is 66.7 Å². The van der Waals surface area contributed by atoms with Gasteiger partial charge in [0.2, 0.25) is 5.91 Å². The third kappa shape index (κ3) is 5.18. The summed E-state index contributed by atoms with van der Waals surface area (Å²) in [6.45, 7) is 2.21. The molecule has 1 amide bonds. The molecule has 2 aromatic carbocycles. The Morgan fingerprint density at radius 3 is 2.67 bits per heavy atom. The Hall–Kier alpha value is -3.35. The number of amides is 1. The summed E-state index contributed by atoms with van der Waals surface area (Å²) < 4.78 is 11.6. The van der Waals surface area contributed by atoms with Crippen LogP contribution in [0.15, 0.2) is 58.7 Å². The van der Waals surface area contributed by atoms with Crippen molar-refractivity contribution >= 4 is 23.5 Å². The summed E-state index contributed by atoms with van der Waals surface area (Å²) in [7, 11) is 1.68. The SMILES string of the molecule is COc1ccc(N2CCN(C(=O)CC3=NN=CC3)[C@@H](Cc3ccccc3)C2)cc1OC1CC1. The first kappa shape index (κ1) is 21.5. The molecule has 172 valence electrons. The van der Waals surface area contributed by atoms with Crippen LogP contribution in [0, 0.1) is 0 Å². The van der Waals surface area contributed by atoms with Gasteiger partial charge in [0.1, 0.15) is 0 Å². The molecule has 0 aromatic heterocycles. The molecular formula is C26H30N4O3. The molecule has 1 saturated heterocycles. The molecule has 1 saturated carbocycles. The van der Waals surface area contributed by atoms with Gasteiger partial charge in [0.05, 0.1) is 31.4 Å². The fourth-order valence-electron chi connectivity index (χ4n) is 4.49. The van der Waals surface area contributed by atoms with Gasteiger partial charge < -0.3 is 19.3 Å². The third-order valence-corrected chi connectivity index (χ3v) is 6.41. The van der Waals surface area contributed by atoms with E-state index in [0.717, 1.165) is 55.3 Å². The molecule has 2 heterocycles. The first-order valence-corrected chi connectivity index (χ1v) is 11.7. The van der Waals surface area contributed by atoms with Gasteiger partial charge in [-0.05, 0) is 37.0 Å². The normalized spacial score (nSPS) is 20.0. The molecule has 7 nitrogen and oxygen atoms in total. The van der Waals surface area contributed by atoms with Crippen molar-refractivity contribution < 1.29 is 14.3 Å². The van der Waals surface area contributed by atoms with Gasteiger partial charge in [0, 0.05) is 44.0 Å². The molecule has 2 aromatic rings. The van der Waals surface area contributed by atoms with Crippen molar-refractivity contribution in [2.24, 2.45) is 10.2 Å². The lowest BCUT2D eigenvalue weighted by Gasteiger charge is -2.43. The highest BCUT2D eigenvalue weighted by atomic mass is 16.5. The average molecular weight is 447 g/mol. The maximum absolute atomic E-state index is 13.2. The molecule has 0 radical (unpaired) electrons. The molecule has 33 heavy (non-hydrogen) atoms. The van der Waals surface area contributed by atoms with Crippen LogP contribution in [-0.4, -0.2) is 61.6 Å². The van der Waals surface area contributed by atoms with Crippen molar-refractivity contribution in [2.75, 3.05) is 31.6 Å². The molecule has 2 aliphatic heterocycles. The van der Waals surface area contributed by atoms with Crippen LogP contribution in [0.25, 0.3) is 0 Å². The van der Waals surface area contributed by atoms with Gasteiger partial charge >= 0.3 is 0 Å². The molecule has 0 spiro atoms. The second-order valence-corrected chi connectivity index (χ2v) is 8.87. The van der Waals surface area contributed by atoms with E-state index in [-0.39, 0.29) is 11.9 Å². The zero-order chi connectivity index (χ0) is 22.6. The molecule has 1 atom stereocenters. The molecule has 0 unspecified atom stereocenters. The van der Waals surface area contributed by atoms with E-state index in [1.165, 1.54) is 5.56 Å². The van der Waals surface area contributed by atoms with Crippen LogP contribution < -0.4 is 14.4 Å². The number of carbonyl (C=O) groups is 1. The number of rotatable bonds is 8. The van der Waals surface area contributed by atoms with Crippen molar-refractivity contribution in [3.63, 3.8) is 0 Å². The van der Waals surface area contributed by atoms with Crippen molar-refractivity contribution in [1.82, 2.24) is 4.90 Å². The second kappa shape index (κ2) is 9.65. The number of benzene rings is 2. The van der Waals surface area contributed by atoms with E-state index >= 15 is 0 Å². The first-order chi connectivity index (χ1) is 16.2. The minimum absolute atomic E-state index is 0.0754. The van der Waals surface area contributed by atoms with E-state index in [2.05, 4.69) is 51.5 Å². The quantitative estimate of drug-likeness (QED) is 0.620. The Bertz CT molecular complexity index is 1050. The van der Waals surface area contributed by atoms with Gasteiger partial charge in [0.25, 0.3) is 0 Å². The summed E-state index contributed by atoms with van der Waals surface area (Å²) in [5.41, 5.74) is 3.18. The monoisotopic (exact) mass is 446 g/mol. The molecule has 1 aliphatic carbocycles.